The molecule has 2 amide bonds. The molecule has 1 aromatic heterocycles. The van der Waals surface area contributed by atoms with E-state index in [9.17, 15) is 29.1 Å². The zero-order valence-corrected chi connectivity index (χ0v) is 26.6. The number of ketones is 1. The summed E-state index contributed by atoms with van der Waals surface area (Å²) < 4.78 is 10.9. The summed E-state index contributed by atoms with van der Waals surface area (Å²) in [5.41, 5.74) is 6.35. The maximum absolute atomic E-state index is 13.3. The molecule has 1 aromatic carbocycles. The summed E-state index contributed by atoms with van der Waals surface area (Å²) in [6.45, 7) is 4.49. The van der Waals surface area contributed by atoms with Gasteiger partial charge in [-0.2, -0.15) is 0 Å². The third-order valence-corrected chi connectivity index (χ3v) is 9.59. The largest absolute Gasteiger partial charge is 0.426 e. The smallest absolute Gasteiger partial charge is 0.358 e. The molecule has 0 saturated carbocycles. The van der Waals surface area contributed by atoms with Crippen LogP contribution in [0.2, 0.25) is 0 Å². The minimum Gasteiger partial charge on any atom is -0.426 e. The molecule has 1 fully saturated rings. The van der Waals surface area contributed by atoms with Crippen LogP contribution in [0.1, 0.15) is 47.3 Å². The number of carbonyl (C=O) groups is 5. The van der Waals surface area contributed by atoms with Crippen molar-refractivity contribution in [1.82, 2.24) is 20.4 Å². The van der Waals surface area contributed by atoms with Crippen LogP contribution in [0.15, 0.2) is 39.9 Å². The van der Waals surface area contributed by atoms with Crippen molar-refractivity contribution < 1.29 is 38.6 Å². The second-order valence-electron chi connectivity index (χ2n) is 9.26. The highest BCUT2D eigenvalue weighted by atomic mass is 35.5. The van der Waals surface area contributed by atoms with Gasteiger partial charge in [0.05, 0.1) is 0 Å². The van der Waals surface area contributed by atoms with Crippen molar-refractivity contribution in [1.29, 1.82) is 0 Å². The number of hydrogen-bond donors (Lipinski definition) is 3. The maximum atomic E-state index is 13.3. The van der Waals surface area contributed by atoms with E-state index < -0.39 is 47.6 Å². The number of benzene rings is 1. The molecule has 0 spiro atoms. The lowest BCUT2D eigenvalue weighted by Gasteiger charge is -2.50. The summed E-state index contributed by atoms with van der Waals surface area (Å²) in [6, 6.07) is 5.11. The molecule has 2 aliphatic rings. The van der Waals surface area contributed by atoms with Gasteiger partial charge in [-0.3, -0.25) is 24.1 Å². The zero-order chi connectivity index (χ0) is 30.6. The Labute approximate surface area is 265 Å². The number of halogens is 1. The molecule has 4 atom stereocenters. The van der Waals surface area contributed by atoms with E-state index in [2.05, 4.69) is 15.5 Å². The number of amides is 2. The van der Waals surface area contributed by atoms with Crippen LogP contribution in [0, 0.1) is 6.92 Å². The zero-order valence-electron chi connectivity index (χ0n) is 23.3. The number of nitrogens with one attached hydrogen (secondary N) is 1. The summed E-state index contributed by atoms with van der Waals surface area (Å²) in [5.74, 6) is -2.63. The minimum absolute atomic E-state index is 0. The van der Waals surface area contributed by atoms with Gasteiger partial charge in [-0.25, -0.2) is 4.79 Å². The fourth-order valence-corrected chi connectivity index (χ4v) is 7.66. The molecule has 4 N–H and O–H groups in total. The fraction of sp³-hybridized carbons (Fsp3) is 0.423. The number of aryl methyl sites for hydroxylation is 1. The lowest BCUT2D eigenvalue weighted by atomic mass is 9.96. The molecule has 3 unspecified atom stereocenters. The molecule has 17 heteroatoms. The third kappa shape index (κ3) is 7.93. The average molecular weight is 672 g/mol. The average Bonchev–Trinajstić information content (AvgIpc) is 3.37. The number of aliphatic hydroxyl groups is 1. The van der Waals surface area contributed by atoms with Crippen LogP contribution in [-0.2, 0) is 28.7 Å². The van der Waals surface area contributed by atoms with Gasteiger partial charge in [-0.1, -0.05) is 47.4 Å². The lowest BCUT2D eigenvalue weighted by molar-refractivity contribution is -0.182. The molecule has 0 bridgehead atoms. The lowest BCUT2D eigenvalue weighted by Crippen LogP contribution is -2.71. The van der Waals surface area contributed by atoms with E-state index in [4.69, 9.17) is 15.2 Å². The monoisotopic (exact) mass is 671 g/mol. The number of rotatable bonds is 12. The number of aliphatic hydroxyl groups excluding tert-OH is 1. The first-order valence-electron chi connectivity index (χ1n) is 12.8. The summed E-state index contributed by atoms with van der Waals surface area (Å²) >= 11 is 4.07. The number of hydrogen-bond acceptors (Lipinski definition) is 14. The first kappa shape index (κ1) is 34.5. The third-order valence-electron chi connectivity index (χ3n) is 6.20. The van der Waals surface area contributed by atoms with Crippen molar-refractivity contribution in [3.05, 3.63) is 51.7 Å². The molecule has 4 rings (SSSR count). The van der Waals surface area contributed by atoms with Gasteiger partial charge < -0.3 is 25.6 Å². The molecule has 2 aromatic rings. The summed E-state index contributed by atoms with van der Waals surface area (Å²) in [4.78, 5) is 64.7. The Morgan fingerprint density at radius 3 is 2.60 bits per heavy atom. The quantitative estimate of drug-likeness (QED) is 0.0973. The normalized spacial score (nSPS) is 18.9. The number of Topliss-reactive ketones (excluding diaryl/α,β-unsaturated/α-hetero) is 1. The van der Waals surface area contributed by atoms with Crippen molar-refractivity contribution in [2.45, 2.75) is 55.3 Å². The van der Waals surface area contributed by atoms with E-state index in [1.807, 2.05) is 6.92 Å². The van der Waals surface area contributed by atoms with Crippen LogP contribution in [0.5, 0.6) is 0 Å². The van der Waals surface area contributed by atoms with Gasteiger partial charge >= 0.3 is 11.9 Å². The molecule has 13 nitrogen and oxygen atoms in total. The number of nitrogens with zero attached hydrogens (tertiary/aromatic N) is 3. The van der Waals surface area contributed by atoms with Gasteiger partial charge in [0.2, 0.25) is 6.29 Å². The number of ether oxygens (including phenoxy) is 2. The number of nitrogens with two attached hydrogens (primary N) is 1. The number of thioether (sulfide) groups is 2. The highest BCUT2D eigenvalue weighted by Crippen LogP contribution is 2.42. The number of aromatic nitrogens is 2. The van der Waals surface area contributed by atoms with Crippen molar-refractivity contribution in [3.63, 3.8) is 0 Å². The van der Waals surface area contributed by atoms with Crippen molar-refractivity contribution >= 4 is 76.8 Å². The van der Waals surface area contributed by atoms with Gasteiger partial charge in [0.25, 0.3) is 11.8 Å². The molecule has 3 heterocycles. The highest BCUT2D eigenvalue weighted by Gasteiger charge is 2.55. The van der Waals surface area contributed by atoms with E-state index in [0.717, 1.165) is 5.01 Å². The van der Waals surface area contributed by atoms with Crippen LogP contribution in [0.3, 0.4) is 0 Å². The first-order chi connectivity index (χ1) is 20.0. The molecular formula is C26H30ClN5O8S3. The molecular weight excluding hydrogens is 642 g/mol. The van der Waals surface area contributed by atoms with Crippen molar-refractivity contribution in [2.24, 2.45) is 5.73 Å². The van der Waals surface area contributed by atoms with Gasteiger partial charge in [0.1, 0.15) is 22.1 Å². The van der Waals surface area contributed by atoms with Gasteiger partial charge in [-0.15, -0.1) is 34.4 Å². The Morgan fingerprint density at radius 1 is 1.23 bits per heavy atom. The topological polar surface area (TPSA) is 191 Å². The Balaban J connectivity index is 0.00000506. The number of fused-ring (bicyclic) bond motifs is 1. The van der Waals surface area contributed by atoms with Crippen molar-refractivity contribution in [3.8, 4) is 0 Å². The second-order valence-corrected chi connectivity index (χ2v) is 12.8. The molecule has 232 valence electrons. The minimum atomic E-state index is -1.72. The summed E-state index contributed by atoms with van der Waals surface area (Å²) in [6.07, 6.45) is -2.87. The molecule has 43 heavy (non-hydrogen) atoms. The van der Waals surface area contributed by atoms with Gasteiger partial charge in [0.15, 0.2) is 16.2 Å². The molecule has 1 saturated heterocycles. The Hall–Kier alpha value is -3.02. The van der Waals surface area contributed by atoms with E-state index in [1.165, 1.54) is 65.7 Å². The van der Waals surface area contributed by atoms with Crippen LogP contribution in [-0.4, -0.2) is 85.5 Å². The van der Waals surface area contributed by atoms with Gasteiger partial charge in [-0.05, 0) is 19.0 Å². The predicted octanol–water partition coefficient (Wildman–Crippen LogP) is 1.73. The molecule has 0 radical (unpaired) electrons. The Kier molecular flexibility index (Phi) is 12.1. The maximum Gasteiger partial charge on any atom is 0.358 e. The van der Waals surface area contributed by atoms with E-state index >= 15 is 0 Å². The molecule has 0 aliphatic carbocycles. The SMILES string of the molecule is CC(=O)OC(C)OC(=O)C1=C(CSc2nnc(C)s2)CS[C@H]2C(NC(=O)C(O)c3ccccc3C(=O)CCN)C(=O)N12.Cl. The number of carbonyl (C=O) groups excluding carboxylic acids is 5. The first-order valence-corrected chi connectivity index (χ1v) is 15.6. The summed E-state index contributed by atoms with van der Waals surface area (Å²) in [7, 11) is 0. The van der Waals surface area contributed by atoms with Crippen LogP contribution in [0.4, 0.5) is 0 Å². The standard InChI is InChI=1S/C26H29N5O8S3.ClH/c1-12-29-30-26(42-12)41-11-15-10-40-24-19(23(36)31(24)20(15)25(37)39-14(3)38-13(2)32)28-22(35)21(34)17-7-5-4-6-16(17)18(33)8-9-27;/h4-7,14,19,21,24,34H,8-11,27H2,1-3H3,(H,28,35);1H/t14?,19?,21?,24-;/m0./s1. The van der Waals surface area contributed by atoms with Crippen LogP contribution < -0.4 is 11.1 Å². The fourth-order valence-electron chi connectivity index (χ4n) is 4.36. The van der Waals surface area contributed by atoms with Gasteiger partial charge in [0, 0.05) is 42.9 Å². The van der Waals surface area contributed by atoms with Crippen molar-refractivity contribution in [2.75, 3.05) is 18.1 Å². The predicted molar refractivity (Wildman–Crippen MR) is 161 cm³/mol. The number of esters is 2. The summed E-state index contributed by atoms with van der Waals surface area (Å²) in [5, 5.41) is 21.6. The Morgan fingerprint density at radius 2 is 1.95 bits per heavy atom. The Bertz CT molecular complexity index is 1440. The van der Waals surface area contributed by atoms with Crippen LogP contribution in [0.25, 0.3) is 0 Å². The van der Waals surface area contributed by atoms with E-state index in [-0.39, 0.29) is 48.0 Å². The molecule has 2 aliphatic heterocycles. The van der Waals surface area contributed by atoms with Crippen LogP contribution >= 0.6 is 47.3 Å². The van der Waals surface area contributed by atoms with E-state index in [1.54, 1.807) is 12.1 Å². The van der Waals surface area contributed by atoms with E-state index in [0.29, 0.717) is 21.4 Å². The highest BCUT2D eigenvalue weighted by molar-refractivity contribution is 8.01. The second kappa shape index (κ2) is 15.1. The number of β-lactam (4-membered cyclic amide) rings is 1.